The van der Waals surface area contributed by atoms with Crippen LogP contribution < -0.4 is 5.32 Å². The molecule has 0 aromatic carbocycles. The number of amides is 1. The van der Waals surface area contributed by atoms with E-state index in [4.69, 9.17) is 9.47 Å². The number of carbonyl (C=O) groups excluding carboxylic acids is 2. The maximum atomic E-state index is 11.8. The molecule has 0 saturated heterocycles. The first-order valence-electron chi connectivity index (χ1n) is 11.6. The molecule has 1 heterocycles. The van der Waals surface area contributed by atoms with Crippen molar-refractivity contribution in [3.05, 3.63) is 17.7 Å². The molecule has 0 bridgehead atoms. The summed E-state index contributed by atoms with van der Waals surface area (Å²) in [5.41, 5.74) is 0.833. The molecule has 1 fully saturated rings. The van der Waals surface area contributed by atoms with Crippen molar-refractivity contribution in [2.24, 2.45) is 17.8 Å². The fourth-order valence-electron chi connectivity index (χ4n) is 3.85. The molecule has 1 aliphatic carbocycles. The number of imidazole rings is 1. The summed E-state index contributed by atoms with van der Waals surface area (Å²) in [7, 11) is 0. The van der Waals surface area contributed by atoms with E-state index in [-0.39, 0.29) is 12.5 Å². The zero-order chi connectivity index (χ0) is 23.7. The maximum absolute atomic E-state index is 11.8. The van der Waals surface area contributed by atoms with Crippen LogP contribution >= 0.6 is 0 Å². The molecule has 1 aromatic heterocycles. The SMILES string of the molecule is CC1CCC(c2ncc(C[C@H](CCCNC(=O)O[C@H](C)OC(=O)C(C)C)C(=O)O)[nH]2)CC1. The number of esters is 1. The van der Waals surface area contributed by atoms with Crippen LogP contribution in [0.15, 0.2) is 6.20 Å². The molecule has 180 valence electrons. The first-order valence-corrected chi connectivity index (χ1v) is 11.6. The van der Waals surface area contributed by atoms with Crippen LogP contribution in [-0.4, -0.2) is 45.9 Å². The fraction of sp³-hybridized carbons (Fsp3) is 0.739. The molecule has 1 aromatic rings. The maximum Gasteiger partial charge on any atom is 0.410 e. The number of hydrogen-bond donors (Lipinski definition) is 3. The van der Waals surface area contributed by atoms with Gasteiger partial charge in [-0.25, -0.2) is 9.78 Å². The smallest absolute Gasteiger partial charge is 0.410 e. The van der Waals surface area contributed by atoms with Crippen LogP contribution in [-0.2, 0) is 25.5 Å². The van der Waals surface area contributed by atoms with Gasteiger partial charge >= 0.3 is 18.0 Å². The Balaban J connectivity index is 1.72. The molecule has 1 amide bonds. The first-order chi connectivity index (χ1) is 15.2. The molecule has 32 heavy (non-hydrogen) atoms. The second-order valence-electron chi connectivity index (χ2n) is 9.12. The van der Waals surface area contributed by atoms with Crippen LogP contribution in [0.1, 0.15) is 83.7 Å². The normalized spacial score (nSPS) is 20.4. The van der Waals surface area contributed by atoms with Crippen molar-refractivity contribution in [2.45, 2.75) is 84.8 Å². The van der Waals surface area contributed by atoms with Crippen molar-refractivity contribution >= 4 is 18.0 Å². The van der Waals surface area contributed by atoms with Crippen LogP contribution in [0.4, 0.5) is 4.79 Å². The van der Waals surface area contributed by atoms with Gasteiger partial charge in [0.05, 0.1) is 11.8 Å². The monoisotopic (exact) mass is 451 g/mol. The van der Waals surface area contributed by atoms with Crippen LogP contribution in [0.3, 0.4) is 0 Å². The Morgan fingerprint density at radius 3 is 2.50 bits per heavy atom. The lowest BCUT2D eigenvalue weighted by atomic mass is 9.83. The number of ether oxygens (including phenoxy) is 2. The number of aliphatic carboxylic acids is 1. The van der Waals surface area contributed by atoms with Crippen molar-refractivity contribution in [1.82, 2.24) is 15.3 Å². The van der Waals surface area contributed by atoms with Gasteiger partial charge in [0.2, 0.25) is 6.29 Å². The van der Waals surface area contributed by atoms with E-state index >= 15 is 0 Å². The number of nitrogens with one attached hydrogen (secondary N) is 2. The summed E-state index contributed by atoms with van der Waals surface area (Å²) in [5.74, 6) is -0.0403. The Morgan fingerprint density at radius 1 is 1.19 bits per heavy atom. The lowest BCUT2D eigenvalue weighted by Crippen LogP contribution is -2.32. The van der Waals surface area contributed by atoms with Gasteiger partial charge in [-0.3, -0.25) is 9.59 Å². The number of aromatic amines is 1. The number of aromatic nitrogens is 2. The van der Waals surface area contributed by atoms with Crippen LogP contribution in [0.5, 0.6) is 0 Å². The molecule has 0 unspecified atom stereocenters. The minimum absolute atomic E-state index is 0.266. The summed E-state index contributed by atoms with van der Waals surface area (Å²) in [6.07, 6.45) is 5.95. The highest BCUT2D eigenvalue weighted by Gasteiger charge is 2.24. The molecule has 1 aliphatic rings. The first kappa shape index (κ1) is 25.7. The number of nitrogens with zero attached hydrogens (tertiary/aromatic N) is 1. The summed E-state index contributed by atoms with van der Waals surface area (Å²) >= 11 is 0. The van der Waals surface area contributed by atoms with Gasteiger partial charge in [-0.2, -0.15) is 0 Å². The lowest BCUT2D eigenvalue weighted by molar-refractivity contribution is -0.168. The number of alkyl carbamates (subject to hydrolysis) is 1. The van der Waals surface area contributed by atoms with Gasteiger partial charge in [0, 0.05) is 37.7 Å². The topological polar surface area (TPSA) is 131 Å². The van der Waals surface area contributed by atoms with E-state index in [1.807, 2.05) is 0 Å². The third-order valence-electron chi connectivity index (χ3n) is 5.89. The van der Waals surface area contributed by atoms with Gasteiger partial charge in [-0.1, -0.05) is 33.6 Å². The number of H-pyrrole nitrogens is 1. The van der Waals surface area contributed by atoms with Crippen molar-refractivity contribution < 1.29 is 29.0 Å². The van der Waals surface area contributed by atoms with Crippen molar-refractivity contribution in [3.8, 4) is 0 Å². The van der Waals surface area contributed by atoms with Crippen LogP contribution in [0.2, 0.25) is 0 Å². The quantitative estimate of drug-likeness (QED) is 0.263. The molecule has 3 N–H and O–H groups in total. The molecular weight excluding hydrogens is 414 g/mol. The fourth-order valence-corrected chi connectivity index (χ4v) is 3.85. The van der Waals surface area contributed by atoms with Crippen molar-refractivity contribution in [3.63, 3.8) is 0 Å². The van der Waals surface area contributed by atoms with E-state index in [1.54, 1.807) is 20.0 Å². The highest BCUT2D eigenvalue weighted by atomic mass is 16.7. The molecule has 2 rings (SSSR count). The predicted molar refractivity (Wildman–Crippen MR) is 118 cm³/mol. The minimum Gasteiger partial charge on any atom is -0.481 e. The van der Waals surface area contributed by atoms with E-state index in [1.165, 1.54) is 19.8 Å². The second-order valence-corrected chi connectivity index (χ2v) is 9.12. The number of carboxylic acid groups (broad SMARTS) is 1. The number of carboxylic acids is 1. The van der Waals surface area contributed by atoms with E-state index in [2.05, 4.69) is 22.2 Å². The number of hydrogen-bond acceptors (Lipinski definition) is 6. The van der Waals surface area contributed by atoms with E-state index in [9.17, 15) is 19.5 Å². The van der Waals surface area contributed by atoms with E-state index < -0.39 is 30.2 Å². The van der Waals surface area contributed by atoms with E-state index in [0.29, 0.717) is 25.2 Å². The lowest BCUT2D eigenvalue weighted by Gasteiger charge is -2.24. The average Bonchev–Trinajstić information content (AvgIpc) is 3.19. The standard InChI is InChI=1S/C23H37N3O6/c1-14(2)22(29)31-16(4)32-23(30)24-11-5-6-18(21(27)28)12-19-13-25-20(26-19)17-9-7-15(3)8-10-17/h13-18H,5-12H2,1-4H3,(H,24,30)(H,25,26)(H,27,28)/t15?,16-,17?,18+/m1/s1. The minimum atomic E-state index is -0.987. The molecule has 2 atom stereocenters. The average molecular weight is 452 g/mol. The van der Waals surface area contributed by atoms with Gasteiger partial charge < -0.3 is 24.9 Å². The largest absolute Gasteiger partial charge is 0.481 e. The molecule has 1 saturated carbocycles. The third kappa shape index (κ3) is 8.51. The van der Waals surface area contributed by atoms with Crippen molar-refractivity contribution in [2.75, 3.05) is 6.54 Å². The highest BCUT2D eigenvalue weighted by molar-refractivity contribution is 5.72. The number of carbonyl (C=O) groups is 3. The molecule has 0 spiro atoms. The number of rotatable bonds is 11. The summed E-state index contributed by atoms with van der Waals surface area (Å²) < 4.78 is 9.93. The van der Waals surface area contributed by atoms with Crippen molar-refractivity contribution in [1.29, 1.82) is 0 Å². The second kappa shape index (κ2) is 12.5. The van der Waals surface area contributed by atoms with Gasteiger partial charge in [0.1, 0.15) is 5.82 Å². The summed E-state index contributed by atoms with van der Waals surface area (Å²) in [4.78, 5) is 42.8. The Kier molecular flexibility index (Phi) is 9.99. The molecule has 0 radical (unpaired) electrons. The van der Waals surface area contributed by atoms with Crippen LogP contribution in [0, 0.1) is 17.8 Å². The molecular formula is C23H37N3O6. The van der Waals surface area contributed by atoms with Gasteiger partial charge in [-0.15, -0.1) is 0 Å². The Hall–Kier alpha value is -2.58. The predicted octanol–water partition coefficient (Wildman–Crippen LogP) is 4.00. The summed E-state index contributed by atoms with van der Waals surface area (Å²) in [6.45, 7) is 7.38. The zero-order valence-electron chi connectivity index (χ0n) is 19.6. The molecule has 0 aliphatic heterocycles. The Bertz CT molecular complexity index is 755. The van der Waals surface area contributed by atoms with Gasteiger partial charge in [0.25, 0.3) is 0 Å². The van der Waals surface area contributed by atoms with Crippen LogP contribution in [0.25, 0.3) is 0 Å². The Morgan fingerprint density at radius 2 is 1.88 bits per heavy atom. The Labute approximate surface area is 189 Å². The highest BCUT2D eigenvalue weighted by Crippen LogP contribution is 2.34. The summed E-state index contributed by atoms with van der Waals surface area (Å²) in [6, 6.07) is 0. The zero-order valence-corrected chi connectivity index (χ0v) is 19.6. The third-order valence-corrected chi connectivity index (χ3v) is 5.89. The summed E-state index contributed by atoms with van der Waals surface area (Å²) in [5, 5.41) is 12.1. The van der Waals surface area contributed by atoms with Gasteiger partial charge in [0.15, 0.2) is 0 Å². The van der Waals surface area contributed by atoms with E-state index in [0.717, 1.165) is 30.3 Å². The molecule has 9 heteroatoms. The van der Waals surface area contributed by atoms with Gasteiger partial charge in [-0.05, 0) is 31.6 Å². The molecule has 9 nitrogen and oxygen atoms in total.